The second-order valence-electron chi connectivity index (χ2n) is 5.95. The summed E-state index contributed by atoms with van der Waals surface area (Å²) in [6, 6.07) is 18.5. The van der Waals surface area contributed by atoms with Crippen LogP contribution in [0.15, 0.2) is 73.1 Å². The van der Waals surface area contributed by atoms with E-state index < -0.39 is 0 Å². The first-order valence-electron chi connectivity index (χ1n) is 8.59. The van der Waals surface area contributed by atoms with Gasteiger partial charge in [-0.05, 0) is 41.0 Å². The average molecular weight is 363 g/mol. The number of amides is 1. The number of hydrogen-bond acceptors (Lipinski definition) is 5. The number of nitrogens with zero attached hydrogens (tertiary/aromatic N) is 1. The molecule has 1 aromatic heterocycles. The van der Waals surface area contributed by atoms with Crippen LogP contribution in [0.3, 0.4) is 0 Å². The number of para-hydroxylation sites is 1. The van der Waals surface area contributed by atoms with Crippen molar-refractivity contribution < 1.29 is 14.7 Å². The molecule has 0 radical (unpaired) electrons. The Kier molecular flexibility index (Phi) is 6.51. The summed E-state index contributed by atoms with van der Waals surface area (Å²) in [6.07, 6.45) is 3.46. The maximum absolute atomic E-state index is 12.5. The molecule has 0 bridgehead atoms. The van der Waals surface area contributed by atoms with Crippen LogP contribution in [0.1, 0.15) is 27.0 Å². The summed E-state index contributed by atoms with van der Waals surface area (Å²) >= 11 is 0. The fourth-order valence-electron chi connectivity index (χ4n) is 2.59. The lowest BCUT2D eigenvalue weighted by molar-refractivity contribution is 0.0234. The lowest BCUT2D eigenvalue weighted by Gasteiger charge is -2.12. The Morgan fingerprint density at radius 2 is 1.74 bits per heavy atom. The normalized spacial score (nSPS) is 10.4. The molecule has 3 rings (SSSR count). The second kappa shape index (κ2) is 9.47. The van der Waals surface area contributed by atoms with E-state index in [0.29, 0.717) is 12.1 Å². The van der Waals surface area contributed by atoms with Crippen LogP contribution >= 0.6 is 0 Å². The average Bonchev–Trinajstić information content (AvgIpc) is 2.73. The maximum Gasteiger partial charge on any atom is 0.276 e. The molecular weight excluding hydrogens is 342 g/mol. The molecule has 0 unspecified atom stereocenters. The lowest BCUT2D eigenvalue weighted by atomic mass is 10.1. The number of hydrogen-bond donors (Lipinski definition) is 3. The zero-order valence-corrected chi connectivity index (χ0v) is 14.8. The molecular formula is C21H21N3O3. The van der Waals surface area contributed by atoms with Crippen molar-refractivity contribution >= 4 is 11.6 Å². The number of aromatic nitrogens is 1. The molecule has 0 atom stereocenters. The molecule has 2 aromatic carbocycles. The van der Waals surface area contributed by atoms with Gasteiger partial charge in [-0.2, -0.15) is 0 Å². The molecule has 0 spiro atoms. The van der Waals surface area contributed by atoms with E-state index >= 15 is 0 Å². The number of aliphatic hydroxyl groups is 1. The molecule has 3 aromatic rings. The molecule has 138 valence electrons. The van der Waals surface area contributed by atoms with Gasteiger partial charge in [0.1, 0.15) is 0 Å². The number of aliphatic hydroxyl groups excluding tert-OH is 1. The van der Waals surface area contributed by atoms with Gasteiger partial charge in [-0.25, -0.2) is 5.48 Å². The van der Waals surface area contributed by atoms with Gasteiger partial charge in [0.05, 0.1) is 18.8 Å². The van der Waals surface area contributed by atoms with Crippen molar-refractivity contribution in [1.82, 2.24) is 10.5 Å². The summed E-state index contributed by atoms with van der Waals surface area (Å²) in [7, 11) is 0. The number of benzene rings is 2. The van der Waals surface area contributed by atoms with Crippen LogP contribution in [0.5, 0.6) is 0 Å². The predicted octanol–water partition coefficient (Wildman–Crippen LogP) is 3.05. The van der Waals surface area contributed by atoms with Crippen LogP contribution in [-0.2, 0) is 24.6 Å². The number of rotatable bonds is 8. The SMILES string of the molecule is O=C(NOCc1cccc(CO)c1)c1ccccc1NCc1ccncc1. The molecule has 1 heterocycles. The van der Waals surface area contributed by atoms with Crippen LogP contribution in [0.4, 0.5) is 5.69 Å². The van der Waals surface area contributed by atoms with Crippen molar-refractivity contribution in [3.63, 3.8) is 0 Å². The molecule has 0 saturated carbocycles. The molecule has 0 aliphatic carbocycles. The molecule has 27 heavy (non-hydrogen) atoms. The Morgan fingerprint density at radius 3 is 2.56 bits per heavy atom. The topological polar surface area (TPSA) is 83.5 Å². The molecule has 6 nitrogen and oxygen atoms in total. The van der Waals surface area contributed by atoms with E-state index in [2.05, 4.69) is 15.8 Å². The fourth-order valence-corrected chi connectivity index (χ4v) is 2.59. The number of hydroxylamine groups is 1. The second-order valence-corrected chi connectivity index (χ2v) is 5.95. The third-order valence-corrected chi connectivity index (χ3v) is 3.98. The van der Waals surface area contributed by atoms with E-state index in [0.717, 1.165) is 22.4 Å². The van der Waals surface area contributed by atoms with Crippen LogP contribution in [0, 0.1) is 0 Å². The van der Waals surface area contributed by atoms with E-state index in [1.807, 2.05) is 48.5 Å². The van der Waals surface area contributed by atoms with E-state index in [4.69, 9.17) is 9.94 Å². The summed E-state index contributed by atoms with van der Waals surface area (Å²) in [5.41, 5.74) is 6.42. The standard InChI is InChI=1S/C21H21N3O3/c25-14-17-4-3-5-18(12-17)15-27-24-21(26)19-6-1-2-7-20(19)23-13-16-8-10-22-11-9-16/h1-12,23,25H,13-15H2,(H,24,26). The van der Waals surface area contributed by atoms with Crippen LogP contribution < -0.4 is 10.8 Å². The van der Waals surface area contributed by atoms with Gasteiger partial charge in [-0.1, -0.05) is 36.4 Å². The monoisotopic (exact) mass is 363 g/mol. The zero-order valence-electron chi connectivity index (χ0n) is 14.8. The highest BCUT2D eigenvalue weighted by Crippen LogP contribution is 2.16. The van der Waals surface area contributed by atoms with Gasteiger partial charge < -0.3 is 10.4 Å². The number of carbonyl (C=O) groups is 1. The molecule has 0 aliphatic heterocycles. The van der Waals surface area contributed by atoms with Crippen molar-refractivity contribution in [1.29, 1.82) is 0 Å². The van der Waals surface area contributed by atoms with Gasteiger partial charge in [-0.15, -0.1) is 0 Å². The Bertz CT molecular complexity index is 885. The van der Waals surface area contributed by atoms with Gasteiger partial charge in [0.2, 0.25) is 0 Å². The Balaban J connectivity index is 1.57. The maximum atomic E-state index is 12.5. The van der Waals surface area contributed by atoms with Gasteiger partial charge in [0, 0.05) is 24.6 Å². The van der Waals surface area contributed by atoms with E-state index in [9.17, 15) is 4.79 Å². The molecule has 0 saturated heterocycles. The minimum absolute atomic E-state index is 0.0310. The van der Waals surface area contributed by atoms with Crippen molar-refractivity contribution in [2.75, 3.05) is 5.32 Å². The quantitative estimate of drug-likeness (QED) is 0.536. The van der Waals surface area contributed by atoms with Crippen molar-refractivity contribution in [3.05, 3.63) is 95.3 Å². The molecule has 6 heteroatoms. The third kappa shape index (κ3) is 5.37. The first-order chi connectivity index (χ1) is 13.3. The highest BCUT2D eigenvalue weighted by molar-refractivity contribution is 5.98. The van der Waals surface area contributed by atoms with Crippen molar-refractivity contribution in [2.24, 2.45) is 0 Å². The zero-order chi connectivity index (χ0) is 18.9. The van der Waals surface area contributed by atoms with E-state index in [1.54, 1.807) is 24.5 Å². The summed E-state index contributed by atoms with van der Waals surface area (Å²) in [4.78, 5) is 21.8. The van der Waals surface area contributed by atoms with Crippen LogP contribution in [-0.4, -0.2) is 16.0 Å². The van der Waals surface area contributed by atoms with Gasteiger partial charge in [0.25, 0.3) is 5.91 Å². The highest BCUT2D eigenvalue weighted by Gasteiger charge is 2.11. The fraction of sp³-hybridized carbons (Fsp3) is 0.143. The highest BCUT2D eigenvalue weighted by atomic mass is 16.6. The largest absolute Gasteiger partial charge is 0.392 e. The number of nitrogens with one attached hydrogen (secondary N) is 2. The minimum atomic E-state index is -0.328. The summed E-state index contributed by atoms with van der Waals surface area (Å²) in [5, 5.41) is 12.4. The summed E-state index contributed by atoms with van der Waals surface area (Å²) < 4.78 is 0. The Labute approximate surface area is 157 Å². The number of pyridine rings is 1. The van der Waals surface area contributed by atoms with E-state index in [1.165, 1.54) is 0 Å². The van der Waals surface area contributed by atoms with Gasteiger partial charge in [-0.3, -0.25) is 14.6 Å². The molecule has 3 N–H and O–H groups in total. The van der Waals surface area contributed by atoms with E-state index in [-0.39, 0.29) is 19.1 Å². The first kappa shape index (κ1) is 18.6. The Morgan fingerprint density at radius 1 is 0.963 bits per heavy atom. The molecule has 0 fully saturated rings. The lowest BCUT2D eigenvalue weighted by Crippen LogP contribution is -2.24. The number of carbonyl (C=O) groups excluding carboxylic acids is 1. The van der Waals surface area contributed by atoms with Crippen LogP contribution in [0.25, 0.3) is 0 Å². The summed E-state index contributed by atoms with van der Waals surface area (Å²) in [5.74, 6) is -0.328. The van der Waals surface area contributed by atoms with Crippen molar-refractivity contribution in [3.8, 4) is 0 Å². The predicted molar refractivity (Wildman–Crippen MR) is 103 cm³/mol. The van der Waals surface area contributed by atoms with Gasteiger partial charge in [0.15, 0.2) is 0 Å². The smallest absolute Gasteiger partial charge is 0.276 e. The van der Waals surface area contributed by atoms with Crippen LogP contribution in [0.2, 0.25) is 0 Å². The minimum Gasteiger partial charge on any atom is -0.392 e. The first-order valence-corrected chi connectivity index (χ1v) is 8.59. The number of anilines is 1. The molecule has 0 aliphatic rings. The van der Waals surface area contributed by atoms with Gasteiger partial charge >= 0.3 is 0 Å². The molecule has 1 amide bonds. The van der Waals surface area contributed by atoms with Crippen molar-refractivity contribution in [2.45, 2.75) is 19.8 Å². The summed E-state index contributed by atoms with van der Waals surface area (Å²) in [6.45, 7) is 0.768. The Hall–Kier alpha value is -3.22. The third-order valence-electron chi connectivity index (χ3n) is 3.98.